The molecule has 0 aromatic heterocycles. The van der Waals surface area contributed by atoms with E-state index in [1.807, 2.05) is 0 Å². The van der Waals surface area contributed by atoms with Gasteiger partial charge in [-0.2, -0.15) is 8.78 Å². The van der Waals surface area contributed by atoms with Gasteiger partial charge in [-0.3, -0.25) is 0 Å². The van der Waals surface area contributed by atoms with Crippen LogP contribution in [0.3, 0.4) is 0 Å². The maximum absolute atomic E-state index is 13.7. The fraction of sp³-hybridized carbons (Fsp3) is 0.562. The number of hydrogen-bond donors (Lipinski definition) is 2. The van der Waals surface area contributed by atoms with Crippen molar-refractivity contribution in [2.24, 2.45) is 0 Å². The van der Waals surface area contributed by atoms with Crippen molar-refractivity contribution < 1.29 is 31.8 Å². The van der Waals surface area contributed by atoms with E-state index in [0.29, 0.717) is 13.1 Å². The van der Waals surface area contributed by atoms with Gasteiger partial charge in [0.2, 0.25) is 0 Å². The maximum atomic E-state index is 13.7. The van der Waals surface area contributed by atoms with Gasteiger partial charge in [0.15, 0.2) is 0 Å². The van der Waals surface area contributed by atoms with Gasteiger partial charge in [0.1, 0.15) is 5.75 Å². The molecule has 2 heterocycles. The van der Waals surface area contributed by atoms with Crippen molar-refractivity contribution in [3.63, 3.8) is 0 Å². The van der Waals surface area contributed by atoms with Crippen LogP contribution in [0.5, 0.6) is 5.75 Å². The van der Waals surface area contributed by atoms with Crippen LogP contribution in [0.2, 0.25) is 0 Å². The number of urea groups is 1. The van der Waals surface area contributed by atoms with Crippen LogP contribution in [0.25, 0.3) is 0 Å². The van der Waals surface area contributed by atoms with E-state index in [-0.39, 0.29) is 5.69 Å². The molecule has 0 unspecified atom stereocenters. The Hall–Kier alpha value is -2.07. The molecule has 2 aliphatic rings. The normalized spacial score (nSPS) is 21.4. The largest absolute Gasteiger partial charge is 0.540 e. The number of halogens is 4. The molecule has 0 bridgehead atoms. The highest BCUT2D eigenvalue weighted by Gasteiger charge is 2.54. The highest BCUT2D eigenvalue weighted by molar-refractivity contribution is 5.89. The van der Waals surface area contributed by atoms with E-state index in [4.69, 9.17) is 0 Å². The first kappa shape index (κ1) is 18.7. The van der Waals surface area contributed by atoms with Gasteiger partial charge in [-0.1, -0.05) is 6.42 Å². The summed E-state index contributed by atoms with van der Waals surface area (Å²) in [6.07, 6.45) is -5.17. The van der Waals surface area contributed by atoms with Crippen molar-refractivity contribution in [3.8, 4) is 5.75 Å². The van der Waals surface area contributed by atoms with E-state index in [9.17, 15) is 22.4 Å². The lowest BCUT2D eigenvalue weighted by atomic mass is 10.1. The number of carbonyl (C=O) groups is 1. The van der Waals surface area contributed by atoms with Gasteiger partial charge in [0.05, 0.1) is 5.56 Å². The van der Waals surface area contributed by atoms with Gasteiger partial charge in [0, 0.05) is 18.8 Å². The number of carbonyl (C=O) groups excluding carboxylic acids is 1. The summed E-state index contributed by atoms with van der Waals surface area (Å²) in [7, 11) is 0. The fourth-order valence-electron chi connectivity index (χ4n) is 2.96. The Morgan fingerprint density at radius 3 is 2.62 bits per heavy atom. The zero-order valence-electron chi connectivity index (χ0n) is 13.9. The van der Waals surface area contributed by atoms with Crippen LogP contribution in [0, 0.1) is 0 Å². The number of nitrogens with zero attached hydrogens (tertiary/aromatic N) is 1. The summed E-state index contributed by atoms with van der Waals surface area (Å²) >= 11 is 0. The highest BCUT2D eigenvalue weighted by Crippen LogP contribution is 2.46. The van der Waals surface area contributed by atoms with Crippen LogP contribution in [0.15, 0.2) is 18.2 Å². The molecule has 10 heteroatoms. The number of ether oxygens (including phenoxy) is 2. The van der Waals surface area contributed by atoms with Crippen LogP contribution in [-0.2, 0) is 10.8 Å². The molecule has 0 atom stereocenters. The molecule has 2 aliphatic heterocycles. The molecular formula is C16H19F4N3O3. The predicted octanol–water partition coefficient (Wildman–Crippen LogP) is 3.30. The minimum Gasteiger partial charge on any atom is -0.409 e. The van der Waals surface area contributed by atoms with Crippen LogP contribution < -0.4 is 15.4 Å². The first-order valence-electron chi connectivity index (χ1n) is 8.32. The third-order valence-electron chi connectivity index (χ3n) is 4.19. The van der Waals surface area contributed by atoms with Gasteiger partial charge in [-0.05, 0) is 44.1 Å². The Kier molecular flexibility index (Phi) is 5.24. The number of alkyl halides is 4. The van der Waals surface area contributed by atoms with Gasteiger partial charge in [-0.15, -0.1) is 8.78 Å². The third-order valence-corrected chi connectivity index (χ3v) is 4.19. The van der Waals surface area contributed by atoms with Gasteiger partial charge >= 0.3 is 18.4 Å². The third kappa shape index (κ3) is 4.55. The Balaban J connectivity index is 1.56. The van der Waals surface area contributed by atoms with E-state index in [0.717, 1.165) is 38.1 Å². The first-order chi connectivity index (χ1) is 12.3. The van der Waals surface area contributed by atoms with Crippen molar-refractivity contribution in [1.82, 2.24) is 10.2 Å². The number of nitrogens with one attached hydrogen (secondary N) is 2. The van der Waals surface area contributed by atoms with Crippen molar-refractivity contribution in [2.75, 3.05) is 31.5 Å². The molecule has 144 valence electrons. The lowest BCUT2D eigenvalue weighted by Gasteiger charge is -2.30. The minimum absolute atomic E-state index is 0.0105. The summed E-state index contributed by atoms with van der Waals surface area (Å²) in [4.78, 5) is 14.1. The molecule has 2 amide bonds. The summed E-state index contributed by atoms with van der Waals surface area (Å²) < 4.78 is 60.8. The number of benzene rings is 1. The molecule has 1 aromatic rings. The fourth-order valence-corrected chi connectivity index (χ4v) is 2.96. The lowest BCUT2D eigenvalue weighted by Crippen LogP contribution is -2.41. The predicted molar refractivity (Wildman–Crippen MR) is 84.3 cm³/mol. The zero-order chi connectivity index (χ0) is 18.8. The van der Waals surface area contributed by atoms with Crippen molar-refractivity contribution >= 4 is 11.7 Å². The average Bonchev–Trinajstić information content (AvgIpc) is 2.55. The molecule has 3 rings (SSSR count). The molecule has 0 saturated carbocycles. The number of hydrogen-bond acceptors (Lipinski definition) is 4. The highest BCUT2D eigenvalue weighted by atomic mass is 19.3. The van der Waals surface area contributed by atoms with E-state index in [1.165, 1.54) is 12.5 Å². The number of fused-ring (bicyclic) bond motifs is 1. The smallest absolute Gasteiger partial charge is 0.409 e. The summed E-state index contributed by atoms with van der Waals surface area (Å²) in [5, 5.41) is 5.02. The topological polar surface area (TPSA) is 62.8 Å². The van der Waals surface area contributed by atoms with Gasteiger partial charge in [-0.25, -0.2) is 9.53 Å². The summed E-state index contributed by atoms with van der Waals surface area (Å²) in [5.41, 5.74) is -0.870. The molecule has 0 aliphatic carbocycles. The lowest BCUT2D eigenvalue weighted by molar-refractivity contribution is -0.461. The first-order valence-corrected chi connectivity index (χ1v) is 8.32. The van der Waals surface area contributed by atoms with Crippen molar-refractivity contribution in [3.05, 3.63) is 23.8 Å². The van der Waals surface area contributed by atoms with Crippen LogP contribution >= 0.6 is 0 Å². The second kappa shape index (κ2) is 7.28. The number of rotatable bonds is 4. The maximum Gasteiger partial charge on any atom is 0.540 e. The number of anilines is 1. The molecule has 2 N–H and O–H groups in total. The molecule has 1 saturated heterocycles. The quantitative estimate of drug-likeness (QED) is 0.791. The Morgan fingerprint density at radius 1 is 1.15 bits per heavy atom. The molecule has 6 nitrogen and oxygen atoms in total. The van der Waals surface area contributed by atoms with E-state index in [1.54, 1.807) is 0 Å². The Bertz CT molecular complexity index is 666. The zero-order valence-corrected chi connectivity index (χ0v) is 13.9. The van der Waals surface area contributed by atoms with Gasteiger partial charge in [0.25, 0.3) is 0 Å². The molecular weight excluding hydrogens is 358 g/mol. The molecule has 0 spiro atoms. The Morgan fingerprint density at radius 2 is 1.88 bits per heavy atom. The molecule has 1 aromatic carbocycles. The molecule has 1 fully saturated rings. The summed E-state index contributed by atoms with van der Waals surface area (Å²) in [5.74, 6) is -0.706. The van der Waals surface area contributed by atoms with Crippen LogP contribution in [-0.4, -0.2) is 43.4 Å². The SMILES string of the molecule is O=C(NCCN1CCCCC1)Nc1ccc2c(c1)C(F)(F)OC(F)(F)O2. The number of amides is 2. The standard InChI is InChI=1S/C16H19F4N3O3/c17-15(18)12-10-11(4-5-13(12)25-16(19,20)26-15)22-14(24)21-6-9-23-7-2-1-3-8-23/h4-5,10H,1-3,6-9H2,(H2,21,22,24). The minimum atomic E-state index is -4.42. The number of piperidine rings is 1. The van der Waals surface area contributed by atoms with E-state index >= 15 is 0 Å². The van der Waals surface area contributed by atoms with E-state index < -0.39 is 29.7 Å². The van der Waals surface area contributed by atoms with Crippen LogP contribution in [0.4, 0.5) is 28.0 Å². The molecule has 26 heavy (non-hydrogen) atoms. The summed E-state index contributed by atoms with van der Waals surface area (Å²) in [6.45, 7) is 3.10. The second-order valence-corrected chi connectivity index (χ2v) is 6.18. The molecule has 0 radical (unpaired) electrons. The van der Waals surface area contributed by atoms with Crippen molar-refractivity contribution in [2.45, 2.75) is 31.7 Å². The second-order valence-electron chi connectivity index (χ2n) is 6.18. The monoisotopic (exact) mass is 377 g/mol. The Labute approximate surface area is 147 Å². The van der Waals surface area contributed by atoms with Crippen LogP contribution in [0.1, 0.15) is 24.8 Å². The summed E-state index contributed by atoms with van der Waals surface area (Å²) in [6, 6.07) is 2.39. The van der Waals surface area contributed by atoms with E-state index in [2.05, 4.69) is 25.0 Å². The van der Waals surface area contributed by atoms with Gasteiger partial charge < -0.3 is 20.3 Å². The van der Waals surface area contributed by atoms with Crippen molar-refractivity contribution in [1.29, 1.82) is 0 Å². The number of likely N-dealkylation sites (tertiary alicyclic amines) is 1. The average molecular weight is 377 g/mol.